The van der Waals surface area contributed by atoms with Crippen LogP contribution in [0.1, 0.15) is 25.7 Å². The van der Waals surface area contributed by atoms with Gasteiger partial charge in [-0.1, -0.05) is 52.3 Å². The average Bonchev–Trinajstić information content (AvgIpc) is 3.25. The Morgan fingerprint density at radius 3 is 1.68 bits per heavy atom. The molecule has 308 valence electrons. The molecule has 3 N–H and O–H groups in total. The lowest BCUT2D eigenvalue weighted by Gasteiger charge is -2.32. The summed E-state index contributed by atoms with van der Waals surface area (Å²) >= 11 is 2.90. The Bertz CT molecular complexity index is 1860. The van der Waals surface area contributed by atoms with Gasteiger partial charge < -0.3 is 34.6 Å². The molecule has 2 aliphatic heterocycles. The molecule has 0 aliphatic carbocycles. The van der Waals surface area contributed by atoms with Crippen LogP contribution in [-0.2, 0) is 25.6 Å². The fourth-order valence-electron chi connectivity index (χ4n) is 5.99. The average molecular weight is 854 g/mol. The first-order valence-electron chi connectivity index (χ1n) is 18.9. The number of nitrogens with zero attached hydrogens (tertiary/aromatic N) is 5. The van der Waals surface area contributed by atoms with Crippen molar-refractivity contribution in [2.75, 3.05) is 82.7 Å². The van der Waals surface area contributed by atoms with Crippen molar-refractivity contribution in [2.24, 2.45) is 0 Å². The van der Waals surface area contributed by atoms with E-state index in [1.807, 2.05) is 60.7 Å². The molecule has 2 saturated heterocycles. The Morgan fingerprint density at radius 2 is 1.23 bits per heavy atom. The summed E-state index contributed by atoms with van der Waals surface area (Å²) in [5.74, 6) is 1.78. The van der Waals surface area contributed by atoms with Gasteiger partial charge in [0.1, 0.15) is 36.6 Å². The number of piperidine rings is 2. The molecule has 0 bridgehead atoms. The highest BCUT2D eigenvalue weighted by atomic mass is 79.9. The molecule has 0 amide bonds. The first kappa shape index (κ1) is 44.5. The smallest absolute Gasteiger partial charge is 0.325 e. The zero-order chi connectivity index (χ0) is 40.7. The van der Waals surface area contributed by atoms with Gasteiger partial charge in [0.25, 0.3) is 11.1 Å². The van der Waals surface area contributed by atoms with Gasteiger partial charge in [0.15, 0.2) is 11.6 Å². The maximum absolute atomic E-state index is 12.4. The van der Waals surface area contributed by atoms with Gasteiger partial charge in [-0.05, 0) is 49.9 Å². The third-order valence-electron chi connectivity index (χ3n) is 9.18. The van der Waals surface area contributed by atoms with Gasteiger partial charge >= 0.3 is 11.9 Å². The van der Waals surface area contributed by atoms with Gasteiger partial charge in [-0.15, -0.1) is 0 Å². The Labute approximate surface area is 341 Å². The fraction of sp³-hybridized carbons (Fsp3) is 0.450. The lowest BCUT2D eigenvalue weighted by molar-refractivity contribution is -0.141. The summed E-state index contributed by atoms with van der Waals surface area (Å²) in [7, 11) is 2.65. The quantitative estimate of drug-likeness (QED) is 0.116. The van der Waals surface area contributed by atoms with Gasteiger partial charge in [0.05, 0.1) is 14.2 Å². The van der Waals surface area contributed by atoms with E-state index >= 15 is 0 Å². The normalized spacial score (nSPS) is 14.8. The van der Waals surface area contributed by atoms with Gasteiger partial charge in [-0.3, -0.25) is 33.5 Å². The molecule has 0 atom stereocenters. The summed E-state index contributed by atoms with van der Waals surface area (Å²) in [5, 5.41) is 6.75. The van der Waals surface area contributed by atoms with E-state index in [4.69, 9.17) is 9.47 Å². The number of methoxy groups -OCH3 is 2. The molecule has 0 radical (unpaired) electrons. The van der Waals surface area contributed by atoms with Crippen LogP contribution in [-0.4, -0.2) is 125 Å². The molecule has 17 heteroatoms. The van der Waals surface area contributed by atoms with Crippen molar-refractivity contribution in [1.29, 1.82) is 0 Å². The number of ether oxygens (including phenoxy) is 4. The molecular formula is C40H53BrN8O8. The van der Waals surface area contributed by atoms with E-state index in [2.05, 4.69) is 60.8 Å². The number of rotatable bonds is 15. The summed E-state index contributed by atoms with van der Waals surface area (Å²) in [5.41, 5.74) is -0.474. The molecule has 57 heavy (non-hydrogen) atoms. The van der Waals surface area contributed by atoms with Crippen LogP contribution in [0.4, 0.5) is 11.6 Å². The number of esters is 2. The third kappa shape index (κ3) is 16.4. The minimum atomic E-state index is -0.467. The zero-order valence-electron chi connectivity index (χ0n) is 32.5. The van der Waals surface area contributed by atoms with Crippen molar-refractivity contribution in [3.05, 3.63) is 106 Å². The summed E-state index contributed by atoms with van der Waals surface area (Å²) in [4.78, 5) is 61.0. The molecule has 4 aromatic rings. The summed E-state index contributed by atoms with van der Waals surface area (Å²) < 4.78 is 21.6. The summed E-state index contributed by atoms with van der Waals surface area (Å²) in [6, 6.07) is 20.2. The van der Waals surface area contributed by atoms with Crippen LogP contribution in [0.25, 0.3) is 0 Å². The van der Waals surface area contributed by atoms with Gasteiger partial charge in [0, 0.05) is 76.1 Å². The highest BCUT2D eigenvalue weighted by Crippen LogP contribution is 2.16. The number of alkyl halides is 1. The number of benzene rings is 2. The number of para-hydroxylation sites is 2. The molecule has 2 aliphatic rings. The highest BCUT2D eigenvalue weighted by molar-refractivity contribution is 9.09. The number of carbonyl (C=O) groups is 2. The van der Waals surface area contributed by atoms with E-state index in [-0.39, 0.29) is 40.8 Å². The Balaban J connectivity index is 0.000000224. The molecule has 16 nitrogen and oxygen atoms in total. The van der Waals surface area contributed by atoms with Crippen molar-refractivity contribution in [3.8, 4) is 11.5 Å². The lowest BCUT2D eigenvalue weighted by atomic mass is 10.1. The van der Waals surface area contributed by atoms with E-state index < -0.39 is 5.97 Å². The minimum Gasteiger partial charge on any atom is -0.492 e. The zero-order valence-corrected chi connectivity index (χ0v) is 34.1. The summed E-state index contributed by atoms with van der Waals surface area (Å²) in [6.07, 6.45) is 9.98. The number of likely N-dealkylation sites (tertiary alicyclic amines) is 2. The first-order chi connectivity index (χ1) is 27.8. The summed E-state index contributed by atoms with van der Waals surface area (Å²) in [6.45, 7) is 6.89. The first-order valence-corrected chi connectivity index (χ1v) is 20.0. The Kier molecular flexibility index (Phi) is 19.6. The largest absolute Gasteiger partial charge is 0.492 e. The second-order valence-electron chi connectivity index (χ2n) is 13.1. The second-order valence-corrected chi connectivity index (χ2v) is 13.7. The van der Waals surface area contributed by atoms with Crippen LogP contribution in [0.5, 0.6) is 11.5 Å². The van der Waals surface area contributed by atoms with Crippen molar-refractivity contribution < 1.29 is 28.5 Å². The topological polar surface area (TPSA) is 182 Å². The maximum Gasteiger partial charge on any atom is 0.325 e. The van der Waals surface area contributed by atoms with Crippen LogP contribution in [0.3, 0.4) is 0 Å². The number of nitrogens with one attached hydrogen (secondary N) is 3. The van der Waals surface area contributed by atoms with Crippen molar-refractivity contribution in [1.82, 2.24) is 29.3 Å². The molecular weight excluding hydrogens is 800 g/mol. The number of halogens is 1. The minimum absolute atomic E-state index is 0.119. The number of aromatic amines is 1. The number of H-pyrrole nitrogens is 1. The third-order valence-corrected chi connectivity index (χ3v) is 9.64. The van der Waals surface area contributed by atoms with E-state index in [0.29, 0.717) is 25.1 Å². The molecule has 6 rings (SSSR count). The molecule has 4 heterocycles. The molecule has 0 unspecified atom stereocenters. The highest BCUT2D eigenvalue weighted by Gasteiger charge is 2.22. The Hall–Kier alpha value is -5.26. The Morgan fingerprint density at radius 1 is 0.737 bits per heavy atom. The number of carbonyl (C=O) groups excluding carboxylic acids is 2. The molecule has 2 aromatic heterocycles. The lowest BCUT2D eigenvalue weighted by Crippen LogP contribution is -2.42. The van der Waals surface area contributed by atoms with E-state index in [0.717, 1.165) is 76.5 Å². The van der Waals surface area contributed by atoms with Crippen LogP contribution in [0.2, 0.25) is 0 Å². The van der Waals surface area contributed by atoms with Gasteiger partial charge in [0.2, 0.25) is 0 Å². The SMILES string of the molecule is COC(=O)CBr.COC(=O)Cn1ccnc(NC2CCN(CCOc3ccccc3)CC2)c1=O.O=c1[nH]ccnc1NC1CCN(CCOc2ccccc2)CC1. The van der Waals surface area contributed by atoms with E-state index in [1.165, 1.54) is 31.2 Å². The number of anilines is 2. The predicted molar refractivity (Wildman–Crippen MR) is 221 cm³/mol. The van der Waals surface area contributed by atoms with Crippen LogP contribution in [0.15, 0.2) is 95.0 Å². The van der Waals surface area contributed by atoms with Crippen molar-refractivity contribution in [3.63, 3.8) is 0 Å². The molecule has 2 fully saturated rings. The molecule has 2 aromatic carbocycles. The number of hydrogen-bond donors (Lipinski definition) is 3. The number of aromatic nitrogens is 4. The monoisotopic (exact) mass is 852 g/mol. The van der Waals surface area contributed by atoms with Crippen LogP contribution < -0.4 is 31.2 Å². The van der Waals surface area contributed by atoms with Crippen LogP contribution >= 0.6 is 15.9 Å². The van der Waals surface area contributed by atoms with Gasteiger partial charge in [-0.25, -0.2) is 9.97 Å². The van der Waals surface area contributed by atoms with E-state index in [9.17, 15) is 19.2 Å². The second kappa shape index (κ2) is 25.1. The maximum atomic E-state index is 12.4. The molecule has 0 saturated carbocycles. The van der Waals surface area contributed by atoms with Gasteiger partial charge in [-0.2, -0.15) is 0 Å². The van der Waals surface area contributed by atoms with E-state index in [1.54, 1.807) is 12.4 Å². The predicted octanol–water partition coefficient (Wildman–Crippen LogP) is 3.65. The van der Waals surface area contributed by atoms with Crippen molar-refractivity contribution >= 4 is 39.5 Å². The van der Waals surface area contributed by atoms with Crippen LogP contribution in [0, 0.1) is 0 Å². The van der Waals surface area contributed by atoms with Crippen molar-refractivity contribution in [2.45, 2.75) is 44.3 Å². The standard InChI is InChI=1S/C20H26N4O4.C17H22N4O2.C3H5BrO2/c1-27-18(25)15-24-12-9-21-19(20(24)26)22-16-7-10-23(11-8-16)13-14-28-17-5-3-2-4-6-17;22-17-16(18-8-9-19-17)20-14-6-10-21(11-7-14)12-13-23-15-4-2-1-3-5-15;1-6-3(5)2-4/h2-6,9,12,16H,7-8,10-11,13-15H2,1H3,(H,21,22);1-5,8-9,14H,6-7,10-13H2,(H,18,20)(H,19,22);2H2,1H3. The molecule has 0 spiro atoms. The fourth-order valence-corrected chi connectivity index (χ4v) is 6.22. The number of hydrogen-bond acceptors (Lipinski definition) is 14.